The van der Waals surface area contributed by atoms with Crippen molar-refractivity contribution < 1.29 is 0 Å². The molecule has 0 heterocycles. The van der Waals surface area contributed by atoms with Crippen molar-refractivity contribution in [3.05, 3.63) is 0 Å². The fourth-order valence-corrected chi connectivity index (χ4v) is 1.38. The zero-order valence-electron chi connectivity index (χ0n) is 9.57. The van der Waals surface area contributed by atoms with Crippen molar-refractivity contribution in [2.75, 3.05) is 19.5 Å². The maximum atomic E-state index is 5.89. The van der Waals surface area contributed by atoms with Gasteiger partial charge in [-0.25, -0.2) is 0 Å². The molecule has 0 fully saturated rings. The lowest BCUT2D eigenvalue weighted by atomic mass is 10.1. The molecule has 0 saturated carbocycles. The number of unbranched alkanes of at least 4 members (excludes halogenated alkanes) is 3. The summed E-state index contributed by atoms with van der Waals surface area (Å²) in [6.07, 6.45) is 5.31. The van der Waals surface area contributed by atoms with Gasteiger partial charge in [0, 0.05) is 11.4 Å². The van der Waals surface area contributed by atoms with Gasteiger partial charge in [0.1, 0.15) is 0 Å². The molecule has 0 aromatic rings. The summed E-state index contributed by atoms with van der Waals surface area (Å²) in [6.45, 7) is 7.80. The molecule has 0 aromatic carbocycles. The second-order valence-corrected chi connectivity index (χ2v) is 4.70. The maximum absolute atomic E-state index is 5.89. The molecule has 0 radical (unpaired) electrons. The number of halogens is 1. The Morgan fingerprint density at radius 3 is 2.23 bits per heavy atom. The largest absolute Gasteiger partial charge is 0.300 e. The molecule has 0 N–H and O–H groups in total. The third-order valence-electron chi connectivity index (χ3n) is 2.71. The lowest BCUT2D eigenvalue weighted by Gasteiger charge is -2.33. The monoisotopic (exact) mass is 205 g/mol. The van der Waals surface area contributed by atoms with Crippen LogP contribution in [-0.4, -0.2) is 29.9 Å². The average Bonchev–Trinajstić information content (AvgIpc) is 2.12. The summed E-state index contributed by atoms with van der Waals surface area (Å²) in [5.41, 5.74) is 0.147. The Balaban J connectivity index is 3.55. The number of hydrogen-bond acceptors (Lipinski definition) is 1. The summed E-state index contributed by atoms with van der Waals surface area (Å²) < 4.78 is 0. The van der Waals surface area contributed by atoms with Crippen molar-refractivity contribution in [1.29, 1.82) is 0 Å². The van der Waals surface area contributed by atoms with Crippen LogP contribution in [0, 0.1) is 0 Å². The Morgan fingerprint density at radius 1 is 1.15 bits per heavy atom. The van der Waals surface area contributed by atoms with Gasteiger partial charge in [0.25, 0.3) is 0 Å². The molecule has 0 rings (SSSR count). The highest BCUT2D eigenvalue weighted by atomic mass is 35.5. The topological polar surface area (TPSA) is 3.24 Å². The Bertz CT molecular complexity index is 123. The van der Waals surface area contributed by atoms with Gasteiger partial charge in [-0.1, -0.05) is 26.2 Å². The summed E-state index contributed by atoms with van der Waals surface area (Å²) in [6, 6.07) is 0. The molecule has 0 bridgehead atoms. The summed E-state index contributed by atoms with van der Waals surface area (Å²) in [7, 11) is 2.16. The van der Waals surface area contributed by atoms with Crippen LogP contribution >= 0.6 is 11.6 Å². The van der Waals surface area contributed by atoms with E-state index >= 15 is 0 Å². The molecule has 0 aromatic heterocycles. The van der Waals surface area contributed by atoms with E-state index in [0.717, 1.165) is 0 Å². The standard InChI is InChI=1S/C11H24ClN/c1-5-6-7-8-9-13(4)11(2,3)10-12/h5-10H2,1-4H3. The van der Waals surface area contributed by atoms with E-state index < -0.39 is 0 Å². The summed E-state index contributed by atoms with van der Waals surface area (Å²) in [5.74, 6) is 0.706. The Morgan fingerprint density at radius 2 is 1.77 bits per heavy atom. The van der Waals surface area contributed by atoms with Crippen molar-refractivity contribution in [2.45, 2.75) is 52.0 Å². The average molecular weight is 206 g/mol. The van der Waals surface area contributed by atoms with Crippen LogP contribution in [0.5, 0.6) is 0 Å². The molecule has 80 valence electrons. The lowest BCUT2D eigenvalue weighted by molar-refractivity contribution is 0.175. The second-order valence-electron chi connectivity index (χ2n) is 4.43. The minimum Gasteiger partial charge on any atom is -0.300 e. The van der Waals surface area contributed by atoms with Crippen molar-refractivity contribution in [3.8, 4) is 0 Å². The van der Waals surface area contributed by atoms with Crippen molar-refractivity contribution in [2.24, 2.45) is 0 Å². The molecule has 0 saturated heterocycles. The number of hydrogen-bond donors (Lipinski definition) is 0. The molecule has 0 unspecified atom stereocenters. The first-order valence-electron chi connectivity index (χ1n) is 5.31. The van der Waals surface area contributed by atoms with E-state index in [-0.39, 0.29) is 5.54 Å². The summed E-state index contributed by atoms with van der Waals surface area (Å²) in [5, 5.41) is 0. The molecular formula is C11H24ClN. The van der Waals surface area contributed by atoms with Crippen molar-refractivity contribution in [3.63, 3.8) is 0 Å². The van der Waals surface area contributed by atoms with Crippen LogP contribution in [0.25, 0.3) is 0 Å². The van der Waals surface area contributed by atoms with Gasteiger partial charge in [-0.3, -0.25) is 0 Å². The first-order chi connectivity index (χ1) is 6.04. The first-order valence-corrected chi connectivity index (χ1v) is 5.85. The molecular weight excluding hydrogens is 182 g/mol. The maximum Gasteiger partial charge on any atom is 0.0402 e. The molecule has 0 atom stereocenters. The van der Waals surface area contributed by atoms with Crippen molar-refractivity contribution in [1.82, 2.24) is 4.90 Å². The zero-order valence-corrected chi connectivity index (χ0v) is 10.3. The smallest absolute Gasteiger partial charge is 0.0402 e. The highest BCUT2D eigenvalue weighted by molar-refractivity contribution is 6.18. The van der Waals surface area contributed by atoms with Gasteiger partial charge < -0.3 is 4.90 Å². The van der Waals surface area contributed by atoms with Gasteiger partial charge in [-0.2, -0.15) is 0 Å². The van der Waals surface area contributed by atoms with Gasteiger partial charge in [-0.05, 0) is 33.9 Å². The van der Waals surface area contributed by atoms with E-state index in [2.05, 4.69) is 32.7 Å². The van der Waals surface area contributed by atoms with E-state index in [0.29, 0.717) is 5.88 Å². The van der Waals surface area contributed by atoms with Crippen LogP contribution in [0.4, 0.5) is 0 Å². The molecule has 13 heavy (non-hydrogen) atoms. The molecule has 0 amide bonds. The fourth-order valence-electron chi connectivity index (χ4n) is 1.18. The minimum atomic E-state index is 0.147. The number of rotatable bonds is 7. The van der Waals surface area contributed by atoms with Crippen LogP contribution in [0.1, 0.15) is 46.5 Å². The summed E-state index contributed by atoms with van der Waals surface area (Å²) >= 11 is 5.89. The normalized spacial score (nSPS) is 12.5. The van der Waals surface area contributed by atoms with Gasteiger partial charge in [0.2, 0.25) is 0 Å². The van der Waals surface area contributed by atoms with Crippen LogP contribution in [0.2, 0.25) is 0 Å². The van der Waals surface area contributed by atoms with Crippen LogP contribution in [0.15, 0.2) is 0 Å². The Hall–Kier alpha value is 0.250. The van der Waals surface area contributed by atoms with Crippen LogP contribution < -0.4 is 0 Å². The van der Waals surface area contributed by atoms with E-state index in [1.165, 1.54) is 32.2 Å². The minimum absolute atomic E-state index is 0.147. The van der Waals surface area contributed by atoms with E-state index in [1.54, 1.807) is 0 Å². The summed E-state index contributed by atoms with van der Waals surface area (Å²) in [4.78, 5) is 2.36. The second kappa shape index (κ2) is 6.67. The Kier molecular flexibility index (Phi) is 6.79. The molecule has 1 nitrogen and oxygen atoms in total. The number of nitrogens with zero attached hydrogens (tertiary/aromatic N) is 1. The highest BCUT2D eigenvalue weighted by Gasteiger charge is 2.21. The lowest BCUT2D eigenvalue weighted by Crippen LogP contribution is -2.43. The highest BCUT2D eigenvalue weighted by Crippen LogP contribution is 2.14. The molecule has 0 spiro atoms. The predicted octanol–water partition coefficient (Wildman–Crippen LogP) is 3.52. The number of alkyl halides is 1. The van der Waals surface area contributed by atoms with Crippen molar-refractivity contribution >= 4 is 11.6 Å². The third kappa shape index (κ3) is 5.53. The zero-order chi connectivity index (χ0) is 10.3. The van der Waals surface area contributed by atoms with E-state index in [4.69, 9.17) is 11.6 Å². The van der Waals surface area contributed by atoms with E-state index in [1.807, 2.05) is 0 Å². The first kappa shape index (κ1) is 13.2. The predicted molar refractivity (Wildman–Crippen MR) is 61.6 cm³/mol. The molecule has 0 aliphatic heterocycles. The SMILES string of the molecule is CCCCCCN(C)C(C)(C)CCl. The van der Waals surface area contributed by atoms with Crippen LogP contribution in [0.3, 0.4) is 0 Å². The molecule has 0 aliphatic carbocycles. The van der Waals surface area contributed by atoms with E-state index in [9.17, 15) is 0 Å². The fraction of sp³-hybridized carbons (Fsp3) is 1.00. The van der Waals surface area contributed by atoms with Gasteiger partial charge in [-0.15, -0.1) is 11.6 Å². The van der Waals surface area contributed by atoms with Gasteiger partial charge in [0.05, 0.1) is 0 Å². The third-order valence-corrected chi connectivity index (χ3v) is 3.36. The molecule has 2 heteroatoms. The quantitative estimate of drug-likeness (QED) is 0.454. The van der Waals surface area contributed by atoms with Crippen LogP contribution in [-0.2, 0) is 0 Å². The Labute approximate surface area is 88.5 Å². The van der Waals surface area contributed by atoms with Gasteiger partial charge in [0.15, 0.2) is 0 Å². The molecule has 0 aliphatic rings. The van der Waals surface area contributed by atoms with Gasteiger partial charge >= 0.3 is 0 Å².